The summed E-state index contributed by atoms with van der Waals surface area (Å²) in [6.45, 7) is 8.72. The van der Waals surface area contributed by atoms with Gasteiger partial charge in [0, 0.05) is 29.8 Å². The number of carbonyl (C=O) groups excluding carboxylic acids is 1. The standard InChI is InChI=1S/C26H34ClNO3/c1-16-5-6-19(21(27)11-16)12-20(29)9-10-22-23(18-7-8-18)24(31-28-22)26(30)14-17(15-26)13-25(2,3)4/h5-6,11,17-18,30H,7-10,12-15H2,1-4H3. The topological polar surface area (TPSA) is 63.3 Å². The van der Waals surface area contributed by atoms with E-state index in [2.05, 4.69) is 25.9 Å². The molecule has 2 aliphatic rings. The first kappa shape index (κ1) is 22.5. The average Bonchev–Trinajstić information content (AvgIpc) is 3.38. The summed E-state index contributed by atoms with van der Waals surface area (Å²) in [7, 11) is 0. The maximum Gasteiger partial charge on any atom is 0.171 e. The van der Waals surface area contributed by atoms with Gasteiger partial charge in [0.25, 0.3) is 0 Å². The van der Waals surface area contributed by atoms with Gasteiger partial charge in [-0.05, 0) is 73.5 Å². The quantitative estimate of drug-likeness (QED) is 0.520. The van der Waals surface area contributed by atoms with Gasteiger partial charge in [0.05, 0.1) is 5.69 Å². The third kappa shape index (κ3) is 5.23. The van der Waals surface area contributed by atoms with Crippen LogP contribution in [0.15, 0.2) is 22.7 Å². The Morgan fingerprint density at radius 3 is 2.61 bits per heavy atom. The summed E-state index contributed by atoms with van der Waals surface area (Å²) < 4.78 is 5.73. The van der Waals surface area contributed by atoms with Crippen LogP contribution >= 0.6 is 11.6 Å². The molecule has 2 saturated carbocycles. The highest BCUT2D eigenvalue weighted by Gasteiger charge is 2.51. The van der Waals surface area contributed by atoms with Crippen molar-refractivity contribution >= 4 is 17.4 Å². The van der Waals surface area contributed by atoms with Gasteiger partial charge in [0.2, 0.25) is 0 Å². The molecule has 1 aromatic carbocycles. The van der Waals surface area contributed by atoms with Crippen molar-refractivity contribution in [2.45, 2.75) is 90.6 Å². The Balaban J connectivity index is 1.41. The zero-order valence-electron chi connectivity index (χ0n) is 19.1. The minimum absolute atomic E-state index is 0.143. The molecule has 1 heterocycles. The molecule has 2 aliphatic carbocycles. The Morgan fingerprint density at radius 1 is 1.29 bits per heavy atom. The molecule has 4 nitrogen and oxygen atoms in total. The number of aliphatic hydroxyl groups is 1. The first-order chi connectivity index (χ1) is 14.5. The van der Waals surface area contributed by atoms with Crippen LogP contribution in [0.5, 0.6) is 0 Å². The van der Waals surface area contributed by atoms with Crippen LogP contribution in [0.25, 0.3) is 0 Å². The molecule has 0 radical (unpaired) electrons. The number of aromatic nitrogens is 1. The third-order valence-corrected chi connectivity index (χ3v) is 6.95. The number of hydrogen-bond acceptors (Lipinski definition) is 4. The van der Waals surface area contributed by atoms with Gasteiger partial charge in [0.1, 0.15) is 11.4 Å². The molecule has 2 aromatic rings. The Morgan fingerprint density at radius 2 is 2.00 bits per heavy atom. The van der Waals surface area contributed by atoms with Crippen molar-refractivity contribution in [3.63, 3.8) is 0 Å². The van der Waals surface area contributed by atoms with E-state index < -0.39 is 5.60 Å². The molecule has 5 heteroatoms. The molecule has 0 atom stereocenters. The van der Waals surface area contributed by atoms with E-state index in [0.717, 1.165) is 54.5 Å². The van der Waals surface area contributed by atoms with Crippen molar-refractivity contribution in [3.8, 4) is 0 Å². The number of carbonyl (C=O) groups is 1. The highest BCUT2D eigenvalue weighted by atomic mass is 35.5. The minimum atomic E-state index is -0.890. The molecule has 1 N–H and O–H groups in total. The second-order valence-corrected chi connectivity index (χ2v) is 11.4. The van der Waals surface area contributed by atoms with E-state index in [-0.39, 0.29) is 11.2 Å². The Labute approximate surface area is 190 Å². The molecule has 0 unspecified atom stereocenters. The second kappa shape index (κ2) is 8.37. The molecule has 4 rings (SSSR count). The molecule has 0 amide bonds. The number of halogens is 1. The van der Waals surface area contributed by atoms with E-state index in [4.69, 9.17) is 16.1 Å². The van der Waals surface area contributed by atoms with Crippen LogP contribution in [0.4, 0.5) is 0 Å². The second-order valence-electron chi connectivity index (χ2n) is 11.0. The number of benzene rings is 1. The zero-order valence-corrected chi connectivity index (χ0v) is 19.9. The highest BCUT2D eigenvalue weighted by Crippen LogP contribution is 2.54. The van der Waals surface area contributed by atoms with Crippen LogP contribution in [-0.2, 0) is 23.2 Å². The van der Waals surface area contributed by atoms with Crippen molar-refractivity contribution in [2.24, 2.45) is 11.3 Å². The van der Waals surface area contributed by atoms with Gasteiger partial charge in [-0.15, -0.1) is 0 Å². The lowest BCUT2D eigenvalue weighted by molar-refractivity contribution is -0.118. The molecular weight excluding hydrogens is 410 g/mol. The smallest absolute Gasteiger partial charge is 0.171 e. The molecule has 168 valence electrons. The van der Waals surface area contributed by atoms with Crippen molar-refractivity contribution in [2.75, 3.05) is 0 Å². The first-order valence-electron chi connectivity index (χ1n) is 11.5. The monoisotopic (exact) mass is 443 g/mol. The molecule has 0 bridgehead atoms. The largest absolute Gasteiger partial charge is 0.382 e. The van der Waals surface area contributed by atoms with E-state index >= 15 is 0 Å². The van der Waals surface area contributed by atoms with Crippen molar-refractivity contribution in [3.05, 3.63) is 51.4 Å². The van der Waals surface area contributed by atoms with Crippen LogP contribution in [-0.4, -0.2) is 16.0 Å². The number of rotatable bonds is 8. The number of ketones is 1. The lowest BCUT2D eigenvalue weighted by Gasteiger charge is -2.44. The average molecular weight is 444 g/mol. The van der Waals surface area contributed by atoms with Gasteiger partial charge in [-0.2, -0.15) is 0 Å². The van der Waals surface area contributed by atoms with Crippen LogP contribution in [0.1, 0.15) is 93.4 Å². The van der Waals surface area contributed by atoms with Crippen molar-refractivity contribution in [1.82, 2.24) is 5.16 Å². The SMILES string of the molecule is Cc1ccc(CC(=O)CCc2noc(C3(O)CC(CC(C)(C)C)C3)c2C2CC2)c(Cl)c1. The van der Waals surface area contributed by atoms with E-state index in [9.17, 15) is 9.90 Å². The Bertz CT molecular complexity index is 962. The fourth-order valence-electron chi connectivity index (χ4n) is 5.08. The lowest BCUT2D eigenvalue weighted by Crippen LogP contribution is -2.42. The van der Waals surface area contributed by atoms with Gasteiger partial charge >= 0.3 is 0 Å². The molecule has 31 heavy (non-hydrogen) atoms. The van der Waals surface area contributed by atoms with Crippen LogP contribution in [0.2, 0.25) is 5.02 Å². The van der Waals surface area contributed by atoms with Crippen molar-refractivity contribution in [1.29, 1.82) is 0 Å². The number of aryl methyl sites for hydroxylation is 2. The van der Waals surface area contributed by atoms with Gasteiger partial charge in [-0.1, -0.05) is 49.7 Å². The van der Waals surface area contributed by atoms with Crippen LogP contribution in [0.3, 0.4) is 0 Å². The number of nitrogens with zero attached hydrogens (tertiary/aromatic N) is 1. The highest BCUT2D eigenvalue weighted by molar-refractivity contribution is 6.31. The summed E-state index contributed by atoms with van der Waals surface area (Å²) >= 11 is 6.29. The molecule has 0 spiro atoms. The first-order valence-corrected chi connectivity index (χ1v) is 11.9. The fourth-order valence-corrected chi connectivity index (χ4v) is 5.39. The Hall–Kier alpha value is -1.65. The van der Waals surface area contributed by atoms with Gasteiger partial charge < -0.3 is 9.63 Å². The minimum Gasteiger partial charge on any atom is -0.382 e. The summed E-state index contributed by atoms with van der Waals surface area (Å²) in [6.07, 6.45) is 6.09. The molecular formula is C26H34ClNO3. The molecule has 2 fully saturated rings. The summed E-state index contributed by atoms with van der Waals surface area (Å²) in [5, 5.41) is 16.2. The van der Waals surface area contributed by atoms with E-state index in [1.807, 2.05) is 25.1 Å². The van der Waals surface area contributed by atoms with Gasteiger partial charge in [-0.3, -0.25) is 4.79 Å². The summed E-state index contributed by atoms with van der Waals surface area (Å²) in [5.41, 5.74) is 3.27. The van der Waals surface area contributed by atoms with Crippen LogP contribution < -0.4 is 0 Å². The Kier molecular flexibility index (Phi) is 6.08. The van der Waals surface area contributed by atoms with E-state index in [1.165, 1.54) is 0 Å². The normalized spacial score (nSPS) is 23.6. The maximum absolute atomic E-state index is 12.6. The molecule has 0 saturated heterocycles. The van der Waals surface area contributed by atoms with Gasteiger partial charge in [0.15, 0.2) is 5.76 Å². The van der Waals surface area contributed by atoms with Crippen molar-refractivity contribution < 1.29 is 14.4 Å². The fraction of sp³-hybridized carbons (Fsp3) is 0.615. The predicted molar refractivity (Wildman–Crippen MR) is 122 cm³/mol. The lowest BCUT2D eigenvalue weighted by atomic mass is 9.64. The van der Waals surface area contributed by atoms with E-state index in [0.29, 0.717) is 41.9 Å². The van der Waals surface area contributed by atoms with Gasteiger partial charge in [-0.25, -0.2) is 0 Å². The van der Waals surface area contributed by atoms with Crippen LogP contribution in [0, 0.1) is 18.3 Å². The number of hydrogen-bond donors (Lipinski definition) is 1. The summed E-state index contributed by atoms with van der Waals surface area (Å²) in [6, 6.07) is 5.81. The zero-order chi connectivity index (χ0) is 22.4. The predicted octanol–water partition coefficient (Wildman–Crippen LogP) is 6.29. The summed E-state index contributed by atoms with van der Waals surface area (Å²) in [5.74, 6) is 1.75. The maximum atomic E-state index is 12.6. The molecule has 1 aromatic heterocycles. The number of Topliss-reactive ketones (excluding diaryl/α,β-unsaturated/α-hetero) is 1. The van der Waals surface area contributed by atoms with E-state index in [1.54, 1.807) is 0 Å². The molecule has 0 aliphatic heterocycles. The summed E-state index contributed by atoms with van der Waals surface area (Å²) in [4.78, 5) is 12.6. The third-order valence-electron chi connectivity index (χ3n) is 6.60.